The van der Waals surface area contributed by atoms with Gasteiger partial charge in [-0.2, -0.15) is 0 Å². The summed E-state index contributed by atoms with van der Waals surface area (Å²) >= 11 is 0. The van der Waals surface area contributed by atoms with Crippen molar-refractivity contribution in [2.24, 2.45) is 5.92 Å². The molecule has 1 N–H and O–H groups in total. The first-order valence-electron chi connectivity index (χ1n) is 8.59. The van der Waals surface area contributed by atoms with Crippen molar-refractivity contribution in [1.82, 2.24) is 25.0 Å². The Hall–Kier alpha value is -2.21. The zero-order valence-corrected chi connectivity index (χ0v) is 14.2. The molecule has 1 aliphatic heterocycles. The van der Waals surface area contributed by atoms with Gasteiger partial charge in [0.15, 0.2) is 0 Å². The lowest BCUT2D eigenvalue weighted by molar-refractivity contribution is -0.126. The third-order valence-electron chi connectivity index (χ3n) is 4.69. The number of carbonyl (C=O) groups is 1. The smallest absolute Gasteiger partial charge is 0.223 e. The number of nitrogens with zero attached hydrogens (tertiary/aromatic N) is 4. The average molecular weight is 327 g/mol. The van der Waals surface area contributed by atoms with Crippen LogP contribution in [0.4, 0.5) is 0 Å². The number of likely N-dealkylation sites (tertiary alicyclic amines) is 1. The van der Waals surface area contributed by atoms with Crippen molar-refractivity contribution in [3.05, 3.63) is 48.0 Å². The van der Waals surface area contributed by atoms with E-state index in [0.717, 1.165) is 44.6 Å². The molecule has 0 radical (unpaired) electrons. The highest BCUT2D eigenvalue weighted by Gasteiger charge is 2.24. The van der Waals surface area contributed by atoms with Crippen molar-refractivity contribution in [2.75, 3.05) is 19.6 Å². The van der Waals surface area contributed by atoms with Crippen molar-refractivity contribution in [1.29, 1.82) is 0 Å². The van der Waals surface area contributed by atoms with Gasteiger partial charge in [-0.3, -0.25) is 4.79 Å². The normalized spacial score (nSPS) is 16.2. The second kappa shape index (κ2) is 8.06. The van der Waals surface area contributed by atoms with Crippen molar-refractivity contribution >= 4 is 5.91 Å². The first kappa shape index (κ1) is 16.6. The quantitative estimate of drug-likeness (QED) is 0.876. The third-order valence-corrected chi connectivity index (χ3v) is 4.69. The van der Waals surface area contributed by atoms with Gasteiger partial charge in [0.2, 0.25) is 5.91 Å². The predicted molar refractivity (Wildman–Crippen MR) is 92.2 cm³/mol. The van der Waals surface area contributed by atoms with Crippen LogP contribution >= 0.6 is 0 Å². The Labute approximate surface area is 142 Å². The SMILES string of the molecule is Cc1ccc(CNC(=O)C2CCN(CCn3cnnc3)CC2)cc1. The van der Waals surface area contributed by atoms with Crippen LogP contribution in [-0.2, 0) is 17.9 Å². The lowest BCUT2D eigenvalue weighted by atomic mass is 9.96. The van der Waals surface area contributed by atoms with Gasteiger partial charge in [0.1, 0.15) is 12.7 Å². The minimum absolute atomic E-state index is 0.140. The maximum Gasteiger partial charge on any atom is 0.223 e. The second-order valence-corrected chi connectivity index (χ2v) is 6.52. The molecule has 0 unspecified atom stereocenters. The number of aromatic nitrogens is 3. The van der Waals surface area contributed by atoms with Gasteiger partial charge in [-0.25, -0.2) is 0 Å². The van der Waals surface area contributed by atoms with Crippen LogP contribution in [0, 0.1) is 12.8 Å². The molecule has 0 atom stereocenters. The van der Waals surface area contributed by atoms with E-state index in [1.807, 2.05) is 4.57 Å². The molecular weight excluding hydrogens is 302 g/mol. The molecule has 1 aromatic heterocycles. The highest BCUT2D eigenvalue weighted by molar-refractivity contribution is 5.78. The lowest BCUT2D eigenvalue weighted by Crippen LogP contribution is -2.41. The van der Waals surface area contributed by atoms with Crippen LogP contribution in [0.15, 0.2) is 36.9 Å². The van der Waals surface area contributed by atoms with Gasteiger partial charge in [0.05, 0.1) is 0 Å². The van der Waals surface area contributed by atoms with Gasteiger partial charge in [-0.15, -0.1) is 10.2 Å². The molecule has 1 aliphatic rings. The lowest BCUT2D eigenvalue weighted by Gasteiger charge is -2.31. The first-order valence-corrected chi connectivity index (χ1v) is 8.59. The van der Waals surface area contributed by atoms with Crippen molar-refractivity contribution < 1.29 is 4.79 Å². The second-order valence-electron chi connectivity index (χ2n) is 6.52. The molecule has 1 fully saturated rings. The average Bonchev–Trinajstić information content (AvgIpc) is 3.13. The van der Waals surface area contributed by atoms with Crippen LogP contribution in [0.3, 0.4) is 0 Å². The number of aryl methyl sites for hydroxylation is 1. The summed E-state index contributed by atoms with van der Waals surface area (Å²) in [4.78, 5) is 14.7. The predicted octanol–water partition coefficient (Wildman–Crippen LogP) is 1.61. The number of piperidine rings is 1. The molecular formula is C18H25N5O. The molecule has 0 bridgehead atoms. The summed E-state index contributed by atoms with van der Waals surface area (Å²) < 4.78 is 1.99. The zero-order valence-electron chi connectivity index (χ0n) is 14.2. The van der Waals surface area contributed by atoms with E-state index >= 15 is 0 Å². The third kappa shape index (κ3) is 4.64. The number of benzene rings is 1. The Morgan fingerprint density at radius 3 is 2.46 bits per heavy atom. The molecule has 2 aromatic rings. The summed E-state index contributed by atoms with van der Waals surface area (Å²) in [7, 11) is 0. The molecule has 0 aliphatic carbocycles. The summed E-state index contributed by atoms with van der Waals surface area (Å²) in [5.41, 5.74) is 2.39. The Balaban J connectivity index is 1.37. The summed E-state index contributed by atoms with van der Waals surface area (Å²) in [6, 6.07) is 8.30. The number of nitrogens with one attached hydrogen (secondary N) is 1. The van der Waals surface area contributed by atoms with Gasteiger partial charge in [0, 0.05) is 25.6 Å². The minimum Gasteiger partial charge on any atom is -0.352 e. The van der Waals surface area contributed by atoms with Crippen molar-refractivity contribution in [3.63, 3.8) is 0 Å². The molecule has 0 spiro atoms. The van der Waals surface area contributed by atoms with Gasteiger partial charge in [0.25, 0.3) is 0 Å². The molecule has 6 nitrogen and oxygen atoms in total. The Bertz CT molecular complexity index is 630. The number of carbonyl (C=O) groups excluding carboxylic acids is 1. The van der Waals surface area contributed by atoms with E-state index in [1.165, 1.54) is 5.56 Å². The van der Waals surface area contributed by atoms with E-state index in [4.69, 9.17) is 0 Å². The topological polar surface area (TPSA) is 63.1 Å². The maximum absolute atomic E-state index is 12.3. The first-order chi connectivity index (χ1) is 11.7. The van der Waals surface area contributed by atoms with Gasteiger partial charge in [-0.05, 0) is 38.4 Å². The van der Waals surface area contributed by atoms with E-state index in [9.17, 15) is 4.79 Å². The van der Waals surface area contributed by atoms with Crippen LogP contribution in [-0.4, -0.2) is 45.2 Å². The Kier molecular flexibility index (Phi) is 5.59. The number of hydrogen-bond donors (Lipinski definition) is 1. The molecule has 128 valence electrons. The molecule has 1 saturated heterocycles. The van der Waals surface area contributed by atoms with Crippen LogP contribution in [0.1, 0.15) is 24.0 Å². The molecule has 3 rings (SSSR count). The fourth-order valence-corrected chi connectivity index (χ4v) is 3.05. The highest BCUT2D eigenvalue weighted by atomic mass is 16.1. The van der Waals surface area contributed by atoms with E-state index in [0.29, 0.717) is 6.54 Å². The number of rotatable bonds is 6. The summed E-state index contributed by atoms with van der Waals surface area (Å²) in [6.45, 7) is 6.52. The monoisotopic (exact) mass is 327 g/mol. The fraction of sp³-hybridized carbons (Fsp3) is 0.500. The van der Waals surface area contributed by atoms with Crippen LogP contribution in [0.25, 0.3) is 0 Å². The van der Waals surface area contributed by atoms with Gasteiger partial charge < -0.3 is 14.8 Å². The Morgan fingerprint density at radius 2 is 1.79 bits per heavy atom. The highest BCUT2D eigenvalue weighted by Crippen LogP contribution is 2.17. The molecule has 6 heteroatoms. The number of hydrogen-bond acceptors (Lipinski definition) is 4. The Morgan fingerprint density at radius 1 is 1.12 bits per heavy atom. The fourth-order valence-electron chi connectivity index (χ4n) is 3.05. The molecule has 1 aromatic carbocycles. The zero-order chi connectivity index (χ0) is 16.8. The minimum atomic E-state index is 0.140. The molecule has 24 heavy (non-hydrogen) atoms. The van der Waals surface area contributed by atoms with E-state index in [-0.39, 0.29) is 11.8 Å². The van der Waals surface area contributed by atoms with Gasteiger partial charge >= 0.3 is 0 Å². The maximum atomic E-state index is 12.3. The van der Waals surface area contributed by atoms with E-state index in [1.54, 1.807) is 12.7 Å². The number of amides is 1. The summed E-state index contributed by atoms with van der Waals surface area (Å²) in [6.07, 6.45) is 5.35. The van der Waals surface area contributed by atoms with Gasteiger partial charge in [-0.1, -0.05) is 29.8 Å². The molecule has 1 amide bonds. The van der Waals surface area contributed by atoms with E-state index < -0.39 is 0 Å². The van der Waals surface area contributed by atoms with Crippen LogP contribution < -0.4 is 5.32 Å². The van der Waals surface area contributed by atoms with Crippen molar-refractivity contribution in [3.8, 4) is 0 Å². The summed E-state index contributed by atoms with van der Waals surface area (Å²) in [5.74, 6) is 0.329. The largest absolute Gasteiger partial charge is 0.352 e. The standard InChI is InChI=1S/C18H25N5O/c1-15-2-4-16(5-3-15)12-19-18(24)17-6-8-22(9-7-17)10-11-23-13-20-21-14-23/h2-5,13-14,17H,6-12H2,1H3,(H,19,24). The summed E-state index contributed by atoms with van der Waals surface area (Å²) in [5, 5.41) is 10.7. The van der Waals surface area contributed by atoms with Crippen LogP contribution in [0.5, 0.6) is 0 Å². The van der Waals surface area contributed by atoms with Crippen molar-refractivity contribution in [2.45, 2.75) is 32.9 Å². The molecule has 2 heterocycles. The van der Waals surface area contributed by atoms with E-state index in [2.05, 4.69) is 51.6 Å². The van der Waals surface area contributed by atoms with Crippen LogP contribution in [0.2, 0.25) is 0 Å². The molecule has 0 saturated carbocycles.